The Hall–Kier alpha value is -1.49. The van der Waals surface area contributed by atoms with Crippen molar-refractivity contribution in [3.63, 3.8) is 0 Å². The molecule has 0 bridgehead atoms. The molecule has 4 nitrogen and oxygen atoms in total. The van der Waals surface area contributed by atoms with Crippen LogP contribution in [0.5, 0.6) is 0 Å². The number of urea groups is 1. The van der Waals surface area contributed by atoms with E-state index in [0.717, 1.165) is 23.5 Å². The summed E-state index contributed by atoms with van der Waals surface area (Å²) in [6.45, 7) is 2.77. The molecule has 0 radical (unpaired) electrons. The largest absolute Gasteiger partial charge is 0.325 e. The fourth-order valence-corrected chi connectivity index (χ4v) is 2.12. The third kappa shape index (κ3) is 3.00. The van der Waals surface area contributed by atoms with Gasteiger partial charge in [-0.2, -0.15) is 0 Å². The van der Waals surface area contributed by atoms with E-state index in [1.54, 1.807) is 11.8 Å². The maximum absolute atomic E-state index is 11.6. The molecule has 84 valence electrons. The van der Waals surface area contributed by atoms with Crippen molar-refractivity contribution < 1.29 is 4.79 Å². The van der Waals surface area contributed by atoms with Crippen molar-refractivity contribution in [1.82, 2.24) is 5.32 Å². The maximum atomic E-state index is 11.6. The van der Waals surface area contributed by atoms with Gasteiger partial charge in [-0.05, 0) is 24.6 Å². The molecular weight excluding hydrogens is 222 g/mol. The van der Waals surface area contributed by atoms with E-state index in [2.05, 4.69) is 15.6 Å². The van der Waals surface area contributed by atoms with Crippen molar-refractivity contribution in [3.8, 4) is 0 Å². The monoisotopic (exact) mass is 235 g/mol. The number of thioether (sulfide) groups is 1. The number of nitrogens with zero attached hydrogens (tertiary/aromatic N) is 1. The van der Waals surface area contributed by atoms with Crippen LogP contribution in [0.2, 0.25) is 0 Å². The number of aryl methyl sites for hydroxylation is 1. The Morgan fingerprint density at radius 2 is 2.31 bits per heavy atom. The van der Waals surface area contributed by atoms with Gasteiger partial charge >= 0.3 is 6.03 Å². The second kappa shape index (κ2) is 5.03. The number of amides is 2. The molecule has 0 aromatic heterocycles. The lowest BCUT2D eigenvalue weighted by Crippen LogP contribution is -2.31. The van der Waals surface area contributed by atoms with Crippen molar-refractivity contribution in [2.24, 2.45) is 4.99 Å². The molecule has 0 saturated carbocycles. The van der Waals surface area contributed by atoms with Gasteiger partial charge in [0.15, 0.2) is 5.17 Å². The van der Waals surface area contributed by atoms with Crippen molar-refractivity contribution in [2.45, 2.75) is 6.92 Å². The van der Waals surface area contributed by atoms with E-state index >= 15 is 0 Å². The van der Waals surface area contributed by atoms with Crippen LogP contribution in [-0.2, 0) is 0 Å². The highest BCUT2D eigenvalue weighted by Gasteiger charge is 2.10. The van der Waals surface area contributed by atoms with Gasteiger partial charge in [0.2, 0.25) is 0 Å². The Morgan fingerprint density at radius 3 is 3.00 bits per heavy atom. The number of nitrogens with one attached hydrogen (secondary N) is 2. The first-order valence-corrected chi connectivity index (χ1v) is 6.04. The maximum Gasteiger partial charge on any atom is 0.325 e. The van der Waals surface area contributed by atoms with Crippen molar-refractivity contribution >= 4 is 28.6 Å². The van der Waals surface area contributed by atoms with Crippen molar-refractivity contribution in [3.05, 3.63) is 29.8 Å². The molecule has 2 rings (SSSR count). The molecule has 2 N–H and O–H groups in total. The third-order valence-corrected chi connectivity index (χ3v) is 2.97. The van der Waals surface area contributed by atoms with Crippen molar-refractivity contribution in [1.29, 1.82) is 0 Å². The minimum Gasteiger partial charge on any atom is -0.308 e. The molecule has 1 aliphatic rings. The summed E-state index contributed by atoms with van der Waals surface area (Å²) in [5.41, 5.74) is 1.91. The van der Waals surface area contributed by atoms with Crippen LogP contribution in [0.1, 0.15) is 5.56 Å². The van der Waals surface area contributed by atoms with Crippen LogP contribution in [0.25, 0.3) is 0 Å². The molecule has 0 fully saturated rings. The van der Waals surface area contributed by atoms with Crippen LogP contribution in [0.4, 0.5) is 10.5 Å². The Balaban J connectivity index is 1.91. The number of carbonyl (C=O) groups is 1. The number of aliphatic imine (C=N–C) groups is 1. The molecule has 1 aromatic carbocycles. The summed E-state index contributed by atoms with van der Waals surface area (Å²) in [5.74, 6) is 0.945. The summed E-state index contributed by atoms with van der Waals surface area (Å²) >= 11 is 1.56. The summed E-state index contributed by atoms with van der Waals surface area (Å²) < 4.78 is 0. The zero-order valence-electron chi connectivity index (χ0n) is 8.99. The smallest absolute Gasteiger partial charge is 0.308 e. The number of anilines is 1. The molecule has 0 saturated heterocycles. The topological polar surface area (TPSA) is 53.5 Å². The summed E-state index contributed by atoms with van der Waals surface area (Å²) in [7, 11) is 0. The molecule has 0 unspecified atom stereocenters. The van der Waals surface area contributed by atoms with Crippen LogP contribution in [-0.4, -0.2) is 23.5 Å². The fourth-order valence-electron chi connectivity index (χ4n) is 1.39. The number of carbonyl (C=O) groups excluding carboxylic acids is 1. The van der Waals surface area contributed by atoms with E-state index in [0.29, 0.717) is 5.17 Å². The molecule has 1 aromatic rings. The van der Waals surface area contributed by atoms with Crippen LogP contribution in [0.15, 0.2) is 29.3 Å². The van der Waals surface area contributed by atoms with Crippen LogP contribution in [0, 0.1) is 6.92 Å². The highest BCUT2D eigenvalue weighted by atomic mass is 32.2. The molecule has 0 aliphatic carbocycles. The van der Waals surface area contributed by atoms with E-state index < -0.39 is 0 Å². The van der Waals surface area contributed by atoms with Gasteiger partial charge in [-0.15, -0.1) is 0 Å². The summed E-state index contributed by atoms with van der Waals surface area (Å²) in [4.78, 5) is 15.7. The minimum atomic E-state index is -0.237. The SMILES string of the molecule is Cc1cccc(NC(=O)NC2=NCCS2)c1. The molecule has 1 aliphatic heterocycles. The average molecular weight is 235 g/mol. The quantitative estimate of drug-likeness (QED) is 0.784. The molecule has 0 atom stereocenters. The Kier molecular flexibility index (Phi) is 3.46. The van der Waals surface area contributed by atoms with Gasteiger partial charge in [-0.1, -0.05) is 23.9 Å². The highest BCUT2D eigenvalue weighted by Crippen LogP contribution is 2.11. The van der Waals surface area contributed by atoms with Gasteiger partial charge in [0.05, 0.1) is 6.54 Å². The lowest BCUT2D eigenvalue weighted by Gasteiger charge is -2.07. The number of benzene rings is 1. The predicted octanol–water partition coefficient (Wildman–Crippen LogP) is 2.22. The van der Waals surface area contributed by atoms with Crippen LogP contribution in [0.3, 0.4) is 0 Å². The summed E-state index contributed by atoms with van der Waals surface area (Å²) in [5, 5.41) is 6.17. The van der Waals surface area contributed by atoms with E-state index in [1.165, 1.54) is 0 Å². The third-order valence-electron chi connectivity index (χ3n) is 2.08. The molecule has 0 spiro atoms. The second-order valence-electron chi connectivity index (χ2n) is 3.48. The van der Waals surface area contributed by atoms with Gasteiger partial charge in [0.1, 0.15) is 0 Å². The summed E-state index contributed by atoms with van der Waals surface area (Å²) in [6.07, 6.45) is 0. The van der Waals surface area contributed by atoms with E-state index in [9.17, 15) is 4.79 Å². The molecule has 1 heterocycles. The summed E-state index contributed by atoms with van der Waals surface area (Å²) in [6, 6.07) is 7.44. The lowest BCUT2D eigenvalue weighted by molar-refractivity contribution is 0.256. The highest BCUT2D eigenvalue weighted by molar-refractivity contribution is 8.14. The van der Waals surface area contributed by atoms with Gasteiger partial charge in [-0.25, -0.2) is 4.79 Å². The number of hydrogen-bond donors (Lipinski definition) is 2. The standard InChI is InChI=1S/C11H13N3OS/c1-8-3-2-4-9(7-8)13-10(15)14-11-12-5-6-16-11/h2-4,7H,5-6H2,1H3,(H2,12,13,14,15). The fraction of sp³-hybridized carbons (Fsp3) is 0.273. The zero-order valence-corrected chi connectivity index (χ0v) is 9.80. The number of rotatable bonds is 1. The lowest BCUT2D eigenvalue weighted by atomic mass is 10.2. The Morgan fingerprint density at radius 1 is 1.44 bits per heavy atom. The first-order valence-electron chi connectivity index (χ1n) is 5.06. The number of hydrogen-bond acceptors (Lipinski definition) is 3. The zero-order chi connectivity index (χ0) is 11.4. The Labute approximate surface area is 98.5 Å². The molecular formula is C11H13N3OS. The molecule has 5 heteroatoms. The molecule has 2 amide bonds. The number of amidine groups is 1. The Bertz CT molecular complexity index is 431. The minimum absolute atomic E-state index is 0.237. The van der Waals surface area contributed by atoms with E-state index in [1.807, 2.05) is 31.2 Å². The average Bonchev–Trinajstić information content (AvgIpc) is 2.70. The van der Waals surface area contributed by atoms with Gasteiger partial charge < -0.3 is 5.32 Å². The van der Waals surface area contributed by atoms with Gasteiger partial charge in [0.25, 0.3) is 0 Å². The van der Waals surface area contributed by atoms with Gasteiger partial charge in [-0.3, -0.25) is 10.3 Å². The first-order chi connectivity index (χ1) is 7.74. The predicted molar refractivity (Wildman–Crippen MR) is 68.1 cm³/mol. The van der Waals surface area contributed by atoms with Crippen LogP contribution < -0.4 is 10.6 Å². The normalized spacial score (nSPS) is 14.4. The van der Waals surface area contributed by atoms with Crippen LogP contribution >= 0.6 is 11.8 Å². The van der Waals surface area contributed by atoms with E-state index in [4.69, 9.17) is 0 Å². The van der Waals surface area contributed by atoms with E-state index in [-0.39, 0.29) is 6.03 Å². The van der Waals surface area contributed by atoms with Crippen molar-refractivity contribution in [2.75, 3.05) is 17.6 Å². The molecule has 16 heavy (non-hydrogen) atoms. The van der Waals surface area contributed by atoms with Gasteiger partial charge in [0, 0.05) is 11.4 Å². The second-order valence-corrected chi connectivity index (χ2v) is 4.57. The first kappa shape index (κ1) is 11.0.